The number of nitrogens with one attached hydrogen (secondary N) is 2. The maximum atomic E-state index is 12.1. The van der Waals surface area contributed by atoms with Gasteiger partial charge in [0.1, 0.15) is 0 Å². The fraction of sp³-hybridized carbons (Fsp3) is 0.118. The Morgan fingerprint density at radius 1 is 1.10 bits per heavy atom. The summed E-state index contributed by atoms with van der Waals surface area (Å²) in [6.45, 7) is 2.48. The van der Waals surface area contributed by atoms with Gasteiger partial charge in [0.2, 0.25) is 0 Å². The average Bonchev–Trinajstić information content (AvgIpc) is 2.47. The molecule has 0 radical (unpaired) electrons. The molecule has 0 atom stereocenters. The predicted octanol–water partition coefficient (Wildman–Crippen LogP) is 4.10. The lowest BCUT2D eigenvalue weighted by Gasteiger charge is -2.07. The van der Waals surface area contributed by atoms with E-state index < -0.39 is 0 Å². The van der Waals surface area contributed by atoms with E-state index in [0.29, 0.717) is 17.1 Å². The summed E-state index contributed by atoms with van der Waals surface area (Å²) in [5, 5.41) is 4.96. The Bertz CT molecular complexity index is 838. The van der Waals surface area contributed by atoms with Crippen molar-refractivity contribution in [2.45, 2.75) is 13.5 Å². The number of pyridine rings is 1. The third-order valence-corrected chi connectivity index (χ3v) is 3.66. The molecule has 2 N–H and O–H groups in total. The molecule has 0 unspecified atom stereocenters. The quantitative estimate of drug-likeness (QED) is 0.764. The zero-order valence-corrected chi connectivity index (χ0v) is 12.4. The summed E-state index contributed by atoms with van der Waals surface area (Å²) >= 11 is 5.85. The molecule has 3 rings (SSSR count). The summed E-state index contributed by atoms with van der Waals surface area (Å²) in [7, 11) is 0. The second-order valence-corrected chi connectivity index (χ2v) is 5.51. The number of aryl methyl sites for hydroxylation is 1. The molecular weight excluding hydrogens is 284 g/mol. The van der Waals surface area contributed by atoms with E-state index in [4.69, 9.17) is 11.6 Å². The van der Waals surface area contributed by atoms with E-state index in [0.717, 1.165) is 22.2 Å². The van der Waals surface area contributed by atoms with Gasteiger partial charge in [-0.2, -0.15) is 0 Å². The van der Waals surface area contributed by atoms with Crippen molar-refractivity contribution >= 4 is 28.2 Å². The third kappa shape index (κ3) is 3.09. The number of hydrogen-bond acceptors (Lipinski definition) is 2. The van der Waals surface area contributed by atoms with Crippen LogP contribution in [-0.4, -0.2) is 4.98 Å². The third-order valence-electron chi connectivity index (χ3n) is 3.41. The van der Waals surface area contributed by atoms with Crippen molar-refractivity contribution < 1.29 is 0 Å². The molecular formula is C17H15ClN2O. The molecule has 0 aliphatic rings. The number of aromatic amines is 1. The second kappa shape index (κ2) is 5.62. The number of H-pyrrole nitrogens is 1. The van der Waals surface area contributed by atoms with E-state index in [-0.39, 0.29) is 5.56 Å². The first kappa shape index (κ1) is 13.7. The summed E-state index contributed by atoms with van der Waals surface area (Å²) in [5.41, 5.74) is 3.58. The highest BCUT2D eigenvalue weighted by Gasteiger charge is 2.03. The van der Waals surface area contributed by atoms with Crippen LogP contribution in [0.25, 0.3) is 10.9 Å². The van der Waals surface area contributed by atoms with Gasteiger partial charge in [0, 0.05) is 28.3 Å². The highest BCUT2D eigenvalue weighted by Crippen LogP contribution is 2.16. The van der Waals surface area contributed by atoms with Crippen LogP contribution in [0.2, 0.25) is 5.02 Å². The van der Waals surface area contributed by atoms with Gasteiger partial charge in [-0.1, -0.05) is 23.7 Å². The Morgan fingerprint density at radius 3 is 2.62 bits per heavy atom. The topological polar surface area (TPSA) is 44.9 Å². The fourth-order valence-electron chi connectivity index (χ4n) is 2.26. The first-order valence-electron chi connectivity index (χ1n) is 6.74. The number of anilines is 1. The van der Waals surface area contributed by atoms with Gasteiger partial charge in [-0.05, 0) is 54.3 Å². The minimum Gasteiger partial charge on any atom is -0.381 e. The smallest absolute Gasteiger partial charge is 0.253 e. The van der Waals surface area contributed by atoms with Crippen molar-refractivity contribution in [2.75, 3.05) is 5.32 Å². The molecule has 3 aromatic rings. The Labute approximate surface area is 127 Å². The van der Waals surface area contributed by atoms with Gasteiger partial charge in [0.05, 0.1) is 0 Å². The van der Waals surface area contributed by atoms with Crippen molar-refractivity contribution in [1.82, 2.24) is 4.98 Å². The molecule has 0 saturated carbocycles. The van der Waals surface area contributed by atoms with Gasteiger partial charge in [-0.25, -0.2) is 0 Å². The molecule has 1 heterocycles. The summed E-state index contributed by atoms with van der Waals surface area (Å²) in [6, 6.07) is 15.4. The van der Waals surface area contributed by atoms with Gasteiger partial charge < -0.3 is 10.3 Å². The van der Waals surface area contributed by atoms with Gasteiger partial charge in [-0.3, -0.25) is 4.79 Å². The minimum atomic E-state index is -0.0606. The lowest BCUT2D eigenvalue weighted by Crippen LogP contribution is -2.15. The lowest BCUT2D eigenvalue weighted by molar-refractivity contribution is 1.09. The zero-order chi connectivity index (χ0) is 14.8. The Morgan fingerprint density at radius 2 is 1.86 bits per heavy atom. The molecule has 0 aliphatic carbocycles. The highest BCUT2D eigenvalue weighted by molar-refractivity contribution is 6.30. The lowest BCUT2D eigenvalue weighted by atomic mass is 10.1. The summed E-state index contributed by atoms with van der Waals surface area (Å²) in [5.74, 6) is 0. The van der Waals surface area contributed by atoms with E-state index in [9.17, 15) is 4.79 Å². The highest BCUT2D eigenvalue weighted by atomic mass is 35.5. The number of rotatable bonds is 3. The first-order chi connectivity index (χ1) is 10.1. The molecule has 0 bridgehead atoms. The van der Waals surface area contributed by atoms with Crippen molar-refractivity contribution in [3.05, 3.63) is 75.0 Å². The van der Waals surface area contributed by atoms with Crippen molar-refractivity contribution in [1.29, 1.82) is 0 Å². The van der Waals surface area contributed by atoms with E-state index in [2.05, 4.69) is 10.3 Å². The Kier molecular flexibility index (Phi) is 3.67. The monoisotopic (exact) mass is 298 g/mol. The van der Waals surface area contributed by atoms with Crippen LogP contribution in [0.3, 0.4) is 0 Å². The second-order valence-electron chi connectivity index (χ2n) is 5.07. The van der Waals surface area contributed by atoms with Crippen molar-refractivity contribution in [3.63, 3.8) is 0 Å². The molecule has 21 heavy (non-hydrogen) atoms. The summed E-state index contributed by atoms with van der Waals surface area (Å²) in [6.07, 6.45) is 0. The number of benzene rings is 2. The Balaban J connectivity index is 1.86. The molecule has 0 saturated heterocycles. The predicted molar refractivity (Wildman–Crippen MR) is 88.1 cm³/mol. The molecule has 106 valence electrons. The van der Waals surface area contributed by atoms with Crippen LogP contribution in [-0.2, 0) is 6.54 Å². The van der Waals surface area contributed by atoms with Crippen LogP contribution < -0.4 is 10.9 Å². The zero-order valence-electron chi connectivity index (χ0n) is 11.6. The molecule has 0 spiro atoms. The average molecular weight is 299 g/mol. The molecule has 2 aromatic carbocycles. The molecule has 4 heteroatoms. The van der Waals surface area contributed by atoms with Crippen LogP contribution >= 0.6 is 11.6 Å². The Hall–Kier alpha value is -2.26. The summed E-state index contributed by atoms with van der Waals surface area (Å²) in [4.78, 5) is 15.0. The van der Waals surface area contributed by atoms with Gasteiger partial charge >= 0.3 is 0 Å². The maximum absolute atomic E-state index is 12.1. The molecule has 0 fully saturated rings. The van der Waals surface area contributed by atoms with Gasteiger partial charge in [0.25, 0.3) is 5.56 Å². The van der Waals surface area contributed by atoms with Crippen LogP contribution in [0.1, 0.15) is 11.1 Å². The molecule has 0 aliphatic heterocycles. The van der Waals surface area contributed by atoms with E-state index in [1.54, 1.807) is 0 Å². The first-order valence-corrected chi connectivity index (χ1v) is 7.11. The SMILES string of the molecule is Cc1ccc2cc(CNc3ccc(Cl)cc3)c(=O)[nH]c2c1. The largest absolute Gasteiger partial charge is 0.381 e. The van der Waals surface area contributed by atoms with E-state index in [1.165, 1.54) is 0 Å². The van der Waals surface area contributed by atoms with Crippen LogP contribution in [0.4, 0.5) is 5.69 Å². The van der Waals surface area contributed by atoms with Crippen molar-refractivity contribution in [2.24, 2.45) is 0 Å². The minimum absolute atomic E-state index is 0.0606. The van der Waals surface area contributed by atoms with Crippen LogP contribution in [0, 0.1) is 6.92 Å². The number of halogens is 1. The maximum Gasteiger partial charge on any atom is 0.253 e. The number of fused-ring (bicyclic) bond motifs is 1. The number of hydrogen-bond donors (Lipinski definition) is 2. The molecule has 3 nitrogen and oxygen atoms in total. The molecule has 0 amide bonds. The van der Waals surface area contributed by atoms with Gasteiger partial charge in [-0.15, -0.1) is 0 Å². The van der Waals surface area contributed by atoms with E-state index in [1.807, 2.05) is 55.5 Å². The van der Waals surface area contributed by atoms with Gasteiger partial charge in [0.15, 0.2) is 0 Å². The molecule has 1 aromatic heterocycles. The normalized spacial score (nSPS) is 10.8. The summed E-state index contributed by atoms with van der Waals surface area (Å²) < 4.78 is 0. The standard InChI is InChI=1S/C17H15ClN2O/c1-11-2-3-12-9-13(17(21)20-16(12)8-11)10-19-15-6-4-14(18)5-7-15/h2-9,19H,10H2,1H3,(H,20,21). The fourth-order valence-corrected chi connectivity index (χ4v) is 2.38. The van der Waals surface area contributed by atoms with Crippen LogP contribution in [0.15, 0.2) is 53.3 Å². The van der Waals surface area contributed by atoms with Crippen LogP contribution in [0.5, 0.6) is 0 Å². The van der Waals surface area contributed by atoms with E-state index >= 15 is 0 Å². The van der Waals surface area contributed by atoms with Crippen molar-refractivity contribution in [3.8, 4) is 0 Å². The number of aromatic nitrogens is 1.